The first kappa shape index (κ1) is 21.1. The molecule has 0 bridgehead atoms. The summed E-state index contributed by atoms with van der Waals surface area (Å²) in [5.41, 5.74) is 2.88. The van der Waals surface area contributed by atoms with E-state index in [-0.39, 0.29) is 17.5 Å². The van der Waals surface area contributed by atoms with Crippen molar-refractivity contribution in [2.24, 2.45) is 0 Å². The SMILES string of the molecule is O=C(Nc1cn(Cc2cc(Cl)cc(OC(F)(F)F)c2)cn1)c1cnc2c(c1)CCNC2. The van der Waals surface area contributed by atoms with Gasteiger partial charge in [-0.1, -0.05) is 11.6 Å². The quantitative estimate of drug-likeness (QED) is 0.617. The molecule has 0 unspecified atom stereocenters. The highest BCUT2D eigenvalue weighted by Crippen LogP contribution is 2.27. The van der Waals surface area contributed by atoms with Gasteiger partial charge in [-0.25, -0.2) is 4.98 Å². The van der Waals surface area contributed by atoms with Crippen molar-refractivity contribution in [2.45, 2.75) is 25.9 Å². The fourth-order valence-corrected chi connectivity index (χ4v) is 3.53. The number of amides is 1. The van der Waals surface area contributed by atoms with Crippen LogP contribution in [0.1, 0.15) is 27.2 Å². The number of ether oxygens (including phenoxy) is 1. The molecule has 1 aliphatic heterocycles. The molecule has 0 fully saturated rings. The highest BCUT2D eigenvalue weighted by molar-refractivity contribution is 6.30. The van der Waals surface area contributed by atoms with Gasteiger partial charge in [0.2, 0.25) is 0 Å². The number of carbonyl (C=O) groups excluding carboxylic acids is 1. The van der Waals surface area contributed by atoms with Crippen molar-refractivity contribution in [3.8, 4) is 5.75 Å². The second-order valence-corrected chi connectivity index (χ2v) is 7.42. The van der Waals surface area contributed by atoms with E-state index in [0.717, 1.165) is 30.3 Å². The van der Waals surface area contributed by atoms with Gasteiger partial charge in [-0.2, -0.15) is 0 Å². The highest BCUT2D eigenvalue weighted by atomic mass is 35.5. The fraction of sp³-hybridized carbons (Fsp3) is 0.250. The number of pyridine rings is 1. The zero-order valence-electron chi connectivity index (χ0n) is 16.0. The smallest absolute Gasteiger partial charge is 0.406 e. The molecule has 2 aromatic heterocycles. The van der Waals surface area contributed by atoms with E-state index in [1.54, 1.807) is 10.8 Å². The summed E-state index contributed by atoms with van der Waals surface area (Å²) in [7, 11) is 0. The summed E-state index contributed by atoms with van der Waals surface area (Å²) in [6.07, 6.45) is 0.539. The van der Waals surface area contributed by atoms with E-state index < -0.39 is 12.1 Å². The van der Waals surface area contributed by atoms with E-state index in [0.29, 0.717) is 23.5 Å². The van der Waals surface area contributed by atoms with E-state index in [2.05, 4.69) is 25.3 Å². The number of alkyl halides is 3. The molecule has 0 aliphatic carbocycles. The fourth-order valence-electron chi connectivity index (χ4n) is 3.28. The van der Waals surface area contributed by atoms with Gasteiger partial charge >= 0.3 is 6.36 Å². The van der Waals surface area contributed by atoms with E-state index >= 15 is 0 Å². The molecule has 1 aromatic carbocycles. The lowest BCUT2D eigenvalue weighted by molar-refractivity contribution is -0.274. The molecule has 3 heterocycles. The summed E-state index contributed by atoms with van der Waals surface area (Å²) in [6.45, 7) is 1.70. The third-order valence-corrected chi connectivity index (χ3v) is 4.81. The largest absolute Gasteiger partial charge is 0.573 e. The Hall–Kier alpha value is -3.11. The Morgan fingerprint density at radius 2 is 2.10 bits per heavy atom. The van der Waals surface area contributed by atoms with Crippen LogP contribution in [0.2, 0.25) is 5.02 Å². The number of imidazole rings is 1. The topological polar surface area (TPSA) is 81.1 Å². The molecule has 2 N–H and O–H groups in total. The molecule has 3 aromatic rings. The number of nitrogens with one attached hydrogen (secondary N) is 2. The summed E-state index contributed by atoms with van der Waals surface area (Å²) in [5.74, 6) is -0.445. The molecule has 4 rings (SSSR count). The van der Waals surface area contributed by atoms with Crippen LogP contribution in [0.25, 0.3) is 0 Å². The Labute approximate surface area is 180 Å². The van der Waals surface area contributed by atoms with Crippen molar-refractivity contribution < 1.29 is 22.7 Å². The van der Waals surface area contributed by atoms with E-state index in [9.17, 15) is 18.0 Å². The summed E-state index contributed by atoms with van der Waals surface area (Å²) in [6, 6.07) is 5.67. The number of aromatic nitrogens is 3. The van der Waals surface area contributed by atoms with Crippen LogP contribution in [0.4, 0.5) is 19.0 Å². The first-order valence-corrected chi connectivity index (χ1v) is 9.70. The Bertz CT molecular complexity index is 1120. The van der Waals surface area contributed by atoms with Crippen molar-refractivity contribution in [1.82, 2.24) is 19.9 Å². The molecule has 1 aliphatic rings. The standard InChI is InChI=1S/C20H17ClF3N5O2/c21-15-3-12(4-16(6-15)31-20(22,23)24)9-29-10-18(27-11-29)28-19(30)14-5-13-1-2-25-8-17(13)26-7-14/h3-7,10-11,25H,1-2,8-9H2,(H,28,30). The Balaban J connectivity index is 1.43. The zero-order chi connectivity index (χ0) is 22.0. The number of nitrogens with zero attached hydrogens (tertiary/aromatic N) is 3. The average Bonchev–Trinajstić information content (AvgIpc) is 3.12. The van der Waals surface area contributed by atoms with Gasteiger partial charge in [-0.05, 0) is 48.4 Å². The maximum atomic E-state index is 12.5. The lowest BCUT2D eigenvalue weighted by Crippen LogP contribution is -2.25. The maximum absolute atomic E-state index is 12.5. The lowest BCUT2D eigenvalue weighted by Gasteiger charge is -2.16. The Kier molecular flexibility index (Phi) is 5.84. The van der Waals surface area contributed by atoms with Gasteiger partial charge in [0, 0.05) is 30.5 Å². The van der Waals surface area contributed by atoms with Crippen LogP contribution >= 0.6 is 11.6 Å². The molecule has 0 radical (unpaired) electrons. The molecule has 0 saturated carbocycles. The van der Waals surface area contributed by atoms with E-state index in [1.807, 2.05) is 6.07 Å². The van der Waals surface area contributed by atoms with Gasteiger partial charge in [0.15, 0.2) is 5.82 Å². The van der Waals surface area contributed by atoms with Crippen molar-refractivity contribution in [1.29, 1.82) is 0 Å². The molecule has 7 nitrogen and oxygen atoms in total. The molecule has 0 atom stereocenters. The second kappa shape index (κ2) is 8.56. The van der Waals surface area contributed by atoms with Crippen molar-refractivity contribution in [3.63, 3.8) is 0 Å². The minimum Gasteiger partial charge on any atom is -0.406 e. The summed E-state index contributed by atoms with van der Waals surface area (Å²) < 4.78 is 42.9. The normalized spacial score (nSPS) is 13.5. The van der Waals surface area contributed by atoms with E-state index in [4.69, 9.17) is 11.6 Å². The molecule has 162 valence electrons. The third kappa shape index (κ3) is 5.53. The van der Waals surface area contributed by atoms with Crippen LogP contribution in [0.3, 0.4) is 0 Å². The lowest BCUT2D eigenvalue weighted by atomic mass is 10.0. The van der Waals surface area contributed by atoms with Gasteiger partial charge in [0.05, 0.1) is 17.6 Å². The number of carbonyl (C=O) groups is 1. The molecule has 11 heteroatoms. The van der Waals surface area contributed by atoms with Crippen LogP contribution in [-0.4, -0.2) is 33.3 Å². The number of halogens is 4. The van der Waals surface area contributed by atoms with Gasteiger partial charge in [-0.15, -0.1) is 13.2 Å². The predicted octanol–water partition coefficient (Wildman–Crippen LogP) is 3.78. The van der Waals surface area contributed by atoms with Gasteiger partial charge in [0.25, 0.3) is 5.91 Å². The van der Waals surface area contributed by atoms with Gasteiger partial charge in [-0.3, -0.25) is 9.78 Å². The monoisotopic (exact) mass is 451 g/mol. The molecule has 31 heavy (non-hydrogen) atoms. The summed E-state index contributed by atoms with van der Waals surface area (Å²) >= 11 is 5.90. The van der Waals surface area contributed by atoms with Crippen LogP contribution in [0, 0.1) is 0 Å². The van der Waals surface area contributed by atoms with Gasteiger partial charge in [0.1, 0.15) is 5.75 Å². The first-order chi connectivity index (χ1) is 14.7. The van der Waals surface area contributed by atoms with Crippen molar-refractivity contribution in [3.05, 3.63) is 70.4 Å². The third-order valence-electron chi connectivity index (χ3n) is 4.59. The van der Waals surface area contributed by atoms with Crippen LogP contribution < -0.4 is 15.4 Å². The number of anilines is 1. The first-order valence-electron chi connectivity index (χ1n) is 9.32. The minimum atomic E-state index is -4.81. The number of benzene rings is 1. The molecule has 0 saturated heterocycles. The van der Waals surface area contributed by atoms with E-state index in [1.165, 1.54) is 24.7 Å². The van der Waals surface area contributed by atoms with Crippen molar-refractivity contribution >= 4 is 23.3 Å². The highest BCUT2D eigenvalue weighted by Gasteiger charge is 2.31. The minimum absolute atomic E-state index is 0.112. The molecular weight excluding hydrogens is 435 g/mol. The predicted molar refractivity (Wildman–Crippen MR) is 107 cm³/mol. The van der Waals surface area contributed by atoms with Crippen molar-refractivity contribution in [2.75, 3.05) is 11.9 Å². The average molecular weight is 452 g/mol. The molecule has 1 amide bonds. The number of fused-ring (bicyclic) bond motifs is 1. The Morgan fingerprint density at radius 3 is 2.90 bits per heavy atom. The summed E-state index contributed by atoms with van der Waals surface area (Å²) in [5, 5.41) is 6.03. The Morgan fingerprint density at radius 1 is 1.26 bits per heavy atom. The van der Waals surface area contributed by atoms with Crippen LogP contribution in [0.5, 0.6) is 5.75 Å². The second-order valence-electron chi connectivity index (χ2n) is 6.98. The number of rotatable bonds is 5. The van der Waals surface area contributed by atoms with Gasteiger partial charge < -0.3 is 19.9 Å². The summed E-state index contributed by atoms with van der Waals surface area (Å²) in [4.78, 5) is 21.0. The molecular formula is C20H17ClF3N5O2. The number of hydrogen-bond donors (Lipinski definition) is 2. The number of hydrogen-bond acceptors (Lipinski definition) is 5. The van der Waals surface area contributed by atoms with Crippen LogP contribution in [0.15, 0.2) is 43.0 Å². The molecule has 0 spiro atoms. The maximum Gasteiger partial charge on any atom is 0.573 e. The van der Waals surface area contributed by atoms with Crippen LogP contribution in [-0.2, 0) is 19.5 Å². The zero-order valence-corrected chi connectivity index (χ0v) is 16.8.